The van der Waals surface area contributed by atoms with E-state index in [2.05, 4.69) is 4.98 Å². The second-order valence-electron chi connectivity index (χ2n) is 5.78. The number of pyridine rings is 1. The third kappa shape index (κ3) is 2.77. The largest absolute Gasteiger partial charge is 0.382 e. The molecule has 1 aliphatic carbocycles. The molecular weight excluding hydrogens is 300 g/mol. The van der Waals surface area contributed by atoms with E-state index >= 15 is 0 Å². The number of nitrogens with zero attached hydrogens (tertiary/aromatic N) is 1. The fourth-order valence-electron chi connectivity index (χ4n) is 3.06. The van der Waals surface area contributed by atoms with Crippen molar-refractivity contribution in [2.45, 2.75) is 29.4 Å². The fourth-order valence-corrected chi connectivity index (χ4v) is 4.68. The number of benzene rings is 1. The molecule has 0 saturated heterocycles. The average molecular weight is 318 g/mol. The van der Waals surface area contributed by atoms with Crippen molar-refractivity contribution in [1.82, 2.24) is 4.98 Å². The van der Waals surface area contributed by atoms with Crippen molar-refractivity contribution < 1.29 is 13.5 Å². The van der Waals surface area contributed by atoms with Gasteiger partial charge in [-0.15, -0.1) is 0 Å². The number of hydrogen-bond donors (Lipinski definition) is 2. The van der Waals surface area contributed by atoms with Crippen molar-refractivity contribution in [2.75, 3.05) is 5.75 Å². The van der Waals surface area contributed by atoms with Gasteiger partial charge in [0.1, 0.15) is 5.60 Å². The van der Waals surface area contributed by atoms with Crippen LogP contribution < -0.4 is 5.73 Å². The molecule has 22 heavy (non-hydrogen) atoms. The normalized spacial score (nSPS) is 24.7. The van der Waals surface area contributed by atoms with E-state index in [1.165, 1.54) is 12.1 Å². The second kappa shape index (κ2) is 5.46. The van der Waals surface area contributed by atoms with E-state index in [1.54, 1.807) is 30.5 Å². The number of hydrogen-bond acceptors (Lipinski definition) is 5. The van der Waals surface area contributed by atoms with Gasteiger partial charge >= 0.3 is 0 Å². The van der Waals surface area contributed by atoms with E-state index in [0.29, 0.717) is 12.1 Å². The first-order chi connectivity index (χ1) is 10.4. The molecule has 0 saturated carbocycles. The van der Waals surface area contributed by atoms with Gasteiger partial charge in [0.2, 0.25) is 0 Å². The first-order valence-corrected chi connectivity index (χ1v) is 8.76. The maximum Gasteiger partial charge on any atom is 0.181 e. The van der Waals surface area contributed by atoms with E-state index in [-0.39, 0.29) is 17.4 Å². The van der Waals surface area contributed by atoms with Crippen LogP contribution in [0.2, 0.25) is 0 Å². The lowest BCUT2D eigenvalue weighted by molar-refractivity contribution is 0.0315. The summed E-state index contributed by atoms with van der Waals surface area (Å²) in [7, 11) is -3.63. The third-order valence-electron chi connectivity index (χ3n) is 3.95. The highest BCUT2D eigenvalue weighted by Gasteiger charge is 2.42. The van der Waals surface area contributed by atoms with E-state index in [4.69, 9.17) is 5.73 Å². The van der Waals surface area contributed by atoms with Crippen LogP contribution in [0.3, 0.4) is 0 Å². The fraction of sp³-hybridized carbons (Fsp3) is 0.312. The highest BCUT2D eigenvalue weighted by molar-refractivity contribution is 7.91. The lowest BCUT2D eigenvalue weighted by Gasteiger charge is -2.36. The SMILES string of the molecule is NC1Cc2cccnc2C(O)(CS(=O)(=O)c2ccccc2)C1. The first-order valence-electron chi connectivity index (χ1n) is 7.11. The Kier molecular flexibility index (Phi) is 3.76. The van der Waals surface area contributed by atoms with E-state index < -0.39 is 21.2 Å². The molecule has 6 heteroatoms. The van der Waals surface area contributed by atoms with Crippen LogP contribution in [-0.4, -0.2) is 30.3 Å². The molecule has 1 heterocycles. The van der Waals surface area contributed by atoms with Crippen LogP contribution >= 0.6 is 0 Å². The lowest BCUT2D eigenvalue weighted by Crippen LogP contribution is -2.46. The molecule has 0 radical (unpaired) electrons. The summed E-state index contributed by atoms with van der Waals surface area (Å²) in [6, 6.07) is 11.5. The lowest BCUT2D eigenvalue weighted by atomic mass is 9.81. The average Bonchev–Trinajstić information content (AvgIpc) is 2.47. The summed E-state index contributed by atoms with van der Waals surface area (Å²) in [5, 5.41) is 11.0. The minimum atomic E-state index is -3.63. The van der Waals surface area contributed by atoms with Gasteiger partial charge < -0.3 is 10.8 Å². The predicted molar refractivity (Wildman–Crippen MR) is 82.9 cm³/mol. The Morgan fingerprint density at radius 2 is 1.95 bits per heavy atom. The molecule has 116 valence electrons. The van der Waals surface area contributed by atoms with Crippen molar-refractivity contribution in [3.63, 3.8) is 0 Å². The maximum atomic E-state index is 12.6. The van der Waals surface area contributed by atoms with Gasteiger partial charge in [-0.1, -0.05) is 24.3 Å². The molecule has 2 aromatic rings. The van der Waals surface area contributed by atoms with Gasteiger partial charge in [0.05, 0.1) is 16.3 Å². The molecule has 0 spiro atoms. The molecule has 3 rings (SSSR count). The van der Waals surface area contributed by atoms with Gasteiger partial charge in [0.25, 0.3) is 0 Å². The van der Waals surface area contributed by atoms with Crippen LogP contribution in [0.25, 0.3) is 0 Å². The Bertz CT molecular complexity index is 777. The molecule has 0 amide bonds. The van der Waals surface area contributed by atoms with Crippen molar-refractivity contribution in [3.05, 3.63) is 59.9 Å². The zero-order valence-corrected chi connectivity index (χ0v) is 12.8. The number of nitrogens with two attached hydrogens (primary N) is 1. The van der Waals surface area contributed by atoms with Crippen LogP contribution in [0.4, 0.5) is 0 Å². The van der Waals surface area contributed by atoms with Crippen LogP contribution in [0.15, 0.2) is 53.6 Å². The molecule has 1 aromatic carbocycles. The molecule has 1 aliphatic rings. The Balaban J connectivity index is 2.01. The van der Waals surface area contributed by atoms with Crippen molar-refractivity contribution in [3.8, 4) is 0 Å². The van der Waals surface area contributed by atoms with Crippen LogP contribution in [0, 0.1) is 0 Å². The van der Waals surface area contributed by atoms with Crippen molar-refractivity contribution >= 4 is 9.84 Å². The van der Waals surface area contributed by atoms with Gasteiger partial charge in [0.15, 0.2) is 9.84 Å². The Morgan fingerprint density at radius 1 is 1.23 bits per heavy atom. The minimum Gasteiger partial charge on any atom is -0.382 e. The molecule has 0 fully saturated rings. The quantitative estimate of drug-likeness (QED) is 0.881. The molecule has 3 N–H and O–H groups in total. The van der Waals surface area contributed by atoms with E-state index in [9.17, 15) is 13.5 Å². The van der Waals surface area contributed by atoms with Gasteiger partial charge in [0, 0.05) is 12.2 Å². The summed E-state index contributed by atoms with van der Waals surface area (Å²) in [6.07, 6.45) is 2.34. The summed E-state index contributed by atoms with van der Waals surface area (Å²) in [5.41, 5.74) is 5.69. The summed E-state index contributed by atoms with van der Waals surface area (Å²) in [5.74, 6) is -0.415. The summed E-state index contributed by atoms with van der Waals surface area (Å²) in [6.45, 7) is 0. The predicted octanol–water partition coefficient (Wildman–Crippen LogP) is 1.02. The molecule has 2 atom stereocenters. The standard InChI is InChI=1S/C16H18N2O3S/c17-13-9-12-5-4-8-18-15(12)16(19,10-13)11-22(20,21)14-6-2-1-3-7-14/h1-8,13,19H,9-11,17H2. The topological polar surface area (TPSA) is 93.3 Å². The van der Waals surface area contributed by atoms with E-state index in [0.717, 1.165) is 5.56 Å². The maximum absolute atomic E-state index is 12.6. The smallest absolute Gasteiger partial charge is 0.181 e. The molecule has 0 bridgehead atoms. The monoisotopic (exact) mass is 318 g/mol. The number of fused-ring (bicyclic) bond motifs is 1. The zero-order valence-electron chi connectivity index (χ0n) is 12.0. The molecule has 2 unspecified atom stereocenters. The molecule has 1 aromatic heterocycles. The summed E-state index contributed by atoms with van der Waals surface area (Å²) < 4.78 is 25.2. The Hall–Kier alpha value is -1.76. The highest BCUT2D eigenvalue weighted by Crippen LogP contribution is 2.35. The second-order valence-corrected chi connectivity index (χ2v) is 7.77. The van der Waals surface area contributed by atoms with E-state index in [1.807, 2.05) is 6.07 Å². The van der Waals surface area contributed by atoms with Gasteiger partial charge in [-0.05, 0) is 36.6 Å². The molecule has 0 aliphatic heterocycles. The number of aliphatic hydroxyl groups is 1. The number of rotatable bonds is 3. The summed E-state index contributed by atoms with van der Waals surface area (Å²) >= 11 is 0. The van der Waals surface area contributed by atoms with Crippen molar-refractivity contribution in [2.24, 2.45) is 5.73 Å². The van der Waals surface area contributed by atoms with Gasteiger partial charge in [-0.25, -0.2) is 8.42 Å². The number of sulfone groups is 1. The van der Waals surface area contributed by atoms with Crippen LogP contribution in [0.1, 0.15) is 17.7 Å². The Labute approximate surface area is 129 Å². The molecule has 5 nitrogen and oxygen atoms in total. The first kappa shape index (κ1) is 15.1. The highest BCUT2D eigenvalue weighted by atomic mass is 32.2. The van der Waals surface area contributed by atoms with Gasteiger partial charge in [-0.3, -0.25) is 4.98 Å². The Morgan fingerprint density at radius 3 is 2.68 bits per heavy atom. The molecular formula is C16H18N2O3S. The summed E-state index contributed by atoms with van der Waals surface area (Å²) in [4.78, 5) is 4.41. The zero-order chi connectivity index (χ0) is 15.8. The van der Waals surface area contributed by atoms with Crippen molar-refractivity contribution in [1.29, 1.82) is 0 Å². The third-order valence-corrected chi connectivity index (χ3v) is 5.79. The van der Waals surface area contributed by atoms with Gasteiger partial charge in [-0.2, -0.15) is 0 Å². The van der Waals surface area contributed by atoms with Crippen LogP contribution in [0.5, 0.6) is 0 Å². The minimum absolute atomic E-state index is 0.184. The number of aromatic nitrogens is 1. The van der Waals surface area contributed by atoms with Crippen LogP contribution in [-0.2, 0) is 21.9 Å².